The average molecular weight is 216 g/mol. The molecule has 1 unspecified atom stereocenters. The Morgan fingerprint density at radius 1 is 1.46 bits per heavy atom. The monoisotopic (exact) mass is 215 g/mol. The Morgan fingerprint density at radius 3 is 2.69 bits per heavy atom. The number of methoxy groups -OCH3 is 1. The third-order valence-corrected chi connectivity index (χ3v) is 2.17. The lowest BCUT2D eigenvalue weighted by atomic mass is 10.1. The number of hydrogen-bond acceptors (Lipinski definition) is 2. The Balaban J connectivity index is 3.13. The van der Waals surface area contributed by atoms with Crippen molar-refractivity contribution < 1.29 is 4.74 Å². The zero-order chi connectivity index (χ0) is 9.84. The molecule has 0 aliphatic rings. The average Bonchev–Trinajstić information content (AvgIpc) is 2.13. The molecule has 0 aromatic heterocycles. The highest BCUT2D eigenvalue weighted by Gasteiger charge is 2.12. The second-order valence-corrected chi connectivity index (χ2v) is 3.25. The van der Waals surface area contributed by atoms with E-state index in [0.717, 1.165) is 0 Å². The molecule has 0 bridgehead atoms. The minimum absolute atomic E-state index is 0.484. The van der Waals surface area contributed by atoms with E-state index in [4.69, 9.17) is 33.2 Å². The summed E-state index contributed by atoms with van der Waals surface area (Å²) in [6.45, 7) is 0. The standard InChI is InChI=1S/C9H7Cl2NO/c1-13-9(5-12)7-4-6(10)2-3-8(7)11/h2-4,9H,1H3. The van der Waals surface area contributed by atoms with Crippen molar-refractivity contribution in [1.82, 2.24) is 0 Å². The van der Waals surface area contributed by atoms with Gasteiger partial charge in [-0.2, -0.15) is 5.26 Å². The van der Waals surface area contributed by atoms with E-state index < -0.39 is 6.10 Å². The van der Waals surface area contributed by atoms with Crippen LogP contribution in [0.1, 0.15) is 11.7 Å². The van der Waals surface area contributed by atoms with Crippen LogP contribution in [0.25, 0.3) is 0 Å². The predicted octanol–water partition coefficient (Wildman–Crippen LogP) is 3.20. The van der Waals surface area contributed by atoms with E-state index in [-0.39, 0.29) is 0 Å². The Bertz CT molecular complexity index is 346. The van der Waals surface area contributed by atoms with Crippen molar-refractivity contribution in [2.24, 2.45) is 0 Å². The van der Waals surface area contributed by atoms with Gasteiger partial charge in [0.1, 0.15) is 0 Å². The molecule has 0 N–H and O–H groups in total. The van der Waals surface area contributed by atoms with Gasteiger partial charge in [0.25, 0.3) is 0 Å². The SMILES string of the molecule is COC(C#N)c1cc(Cl)ccc1Cl. The van der Waals surface area contributed by atoms with E-state index in [1.54, 1.807) is 18.2 Å². The van der Waals surface area contributed by atoms with Crippen LogP contribution >= 0.6 is 23.2 Å². The van der Waals surface area contributed by atoms with Crippen LogP contribution in [0.2, 0.25) is 10.0 Å². The van der Waals surface area contributed by atoms with Gasteiger partial charge in [-0.1, -0.05) is 23.2 Å². The van der Waals surface area contributed by atoms with Crippen molar-refractivity contribution in [3.05, 3.63) is 33.8 Å². The van der Waals surface area contributed by atoms with Gasteiger partial charge in [0.05, 0.1) is 6.07 Å². The van der Waals surface area contributed by atoms with Gasteiger partial charge in [0, 0.05) is 22.7 Å². The topological polar surface area (TPSA) is 33.0 Å². The number of nitriles is 1. The summed E-state index contributed by atoms with van der Waals surface area (Å²) in [5, 5.41) is 9.74. The fourth-order valence-electron chi connectivity index (χ4n) is 0.965. The summed E-state index contributed by atoms with van der Waals surface area (Å²) in [4.78, 5) is 0. The van der Waals surface area contributed by atoms with Crippen molar-refractivity contribution >= 4 is 23.2 Å². The first-order valence-corrected chi connectivity index (χ1v) is 4.32. The molecule has 1 rings (SSSR count). The lowest BCUT2D eigenvalue weighted by Gasteiger charge is -2.09. The van der Waals surface area contributed by atoms with Crippen molar-refractivity contribution in [2.45, 2.75) is 6.10 Å². The molecule has 1 atom stereocenters. The van der Waals surface area contributed by atoms with E-state index in [9.17, 15) is 0 Å². The smallest absolute Gasteiger partial charge is 0.170 e. The van der Waals surface area contributed by atoms with E-state index in [1.165, 1.54) is 7.11 Å². The van der Waals surface area contributed by atoms with Crippen LogP contribution in [0.4, 0.5) is 0 Å². The zero-order valence-electron chi connectivity index (χ0n) is 6.92. The second-order valence-electron chi connectivity index (χ2n) is 2.41. The molecule has 4 heteroatoms. The third kappa shape index (κ3) is 2.35. The van der Waals surface area contributed by atoms with Gasteiger partial charge in [0.2, 0.25) is 0 Å². The molecular weight excluding hydrogens is 209 g/mol. The number of halogens is 2. The first kappa shape index (κ1) is 10.3. The molecule has 13 heavy (non-hydrogen) atoms. The van der Waals surface area contributed by atoms with Crippen molar-refractivity contribution in [2.75, 3.05) is 7.11 Å². The van der Waals surface area contributed by atoms with E-state index in [1.807, 2.05) is 6.07 Å². The van der Waals surface area contributed by atoms with Crippen LogP contribution in [-0.4, -0.2) is 7.11 Å². The van der Waals surface area contributed by atoms with Crippen LogP contribution in [0.3, 0.4) is 0 Å². The van der Waals surface area contributed by atoms with Crippen LogP contribution in [0, 0.1) is 11.3 Å². The first-order valence-electron chi connectivity index (χ1n) is 3.56. The van der Waals surface area contributed by atoms with Crippen molar-refractivity contribution in [3.8, 4) is 6.07 Å². The molecule has 0 aliphatic heterocycles. The molecule has 0 amide bonds. The maximum Gasteiger partial charge on any atom is 0.170 e. The molecule has 68 valence electrons. The lowest BCUT2D eigenvalue weighted by molar-refractivity contribution is 0.148. The fraction of sp³-hybridized carbons (Fsp3) is 0.222. The van der Waals surface area contributed by atoms with Gasteiger partial charge in [-0.25, -0.2) is 0 Å². The second kappa shape index (κ2) is 4.48. The molecule has 1 aromatic carbocycles. The highest BCUT2D eigenvalue weighted by molar-refractivity contribution is 6.33. The quantitative estimate of drug-likeness (QED) is 0.760. The fourth-order valence-corrected chi connectivity index (χ4v) is 1.36. The van der Waals surface area contributed by atoms with Gasteiger partial charge in [0.15, 0.2) is 6.10 Å². The summed E-state index contributed by atoms with van der Waals surface area (Å²) in [5.41, 5.74) is 0.596. The Hall–Kier alpha value is -0.750. The summed E-state index contributed by atoms with van der Waals surface area (Å²) >= 11 is 11.6. The Morgan fingerprint density at radius 2 is 2.15 bits per heavy atom. The van der Waals surface area contributed by atoms with Crippen molar-refractivity contribution in [3.63, 3.8) is 0 Å². The zero-order valence-corrected chi connectivity index (χ0v) is 8.43. The van der Waals surface area contributed by atoms with E-state index in [0.29, 0.717) is 15.6 Å². The molecule has 0 fully saturated rings. The molecule has 0 radical (unpaired) electrons. The first-order chi connectivity index (χ1) is 6.19. The maximum absolute atomic E-state index is 8.72. The van der Waals surface area contributed by atoms with Gasteiger partial charge in [-0.15, -0.1) is 0 Å². The number of ether oxygens (including phenoxy) is 1. The van der Waals surface area contributed by atoms with E-state index in [2.05, 4.69) is 0 Å². The summed E-state index contributed by atoms with van der Waals surface area (Å²) in [6, 6.07) is 6.90. The van der Waals surface area contributed by atoms with Gasteiger partial charge in [-0.3, -0.25) is 0 Å². The number of hydrogen-bond donors (Lipinski definition) is 0. The normalized spacial score (nSPS) is 12.2. The van der Waals surface area contributed by atoms with Gasteiger partial charge < -0.3 is 4.74 Å². The van der Waals surface area contributed by atoms with Gasteiger partial charge in [-0.05, 0) is 18.2 Å². The number of benzene rings is 1. The molecule has 0 spiro atoms. The summed E-state index contributed by atoms with van der Waals surface area (Å²) < 4.78 is 4.92. The highest BCUT2D eigenvalue weighted by Crippen LogP contribution is 2.27. The minimum atomic E-state index is -0.661. The molecule has 1 aromatic rings. The van der Waals surface area contributed by atoms with Gasteiger partial charge >= 0.3 is 0 Å². The molecule has 0 saturated heterocycles. The highest BCUT2D eigenvalue weighted by atomic mass is 35.5. The Kier molecular flexibility index (Phi) is 3.56. The summed E-state index contributed by atoms with van der Waals surface area (Å²) in [5.74, 6) is 0. The number of rotatable bonds is 2. The molecule has 0 aliphatic carbocycles. The van der Waals surface area contributed by atoms with Crippen LogP contribution in [0.15, 0.2) is 18.2 Å². The maximum atomic E-state index is 8.72. The molecule has 0 heterocycles. The molecule has 2 nitrogen and oxygen atoms in total. The summed E-state index contributed by atoms with van der Waals surface area (Å²) in [7, 11) is 1.45. The predicted molar refractivity (Wildman–Crippen MR) is 51.8 cm³/mol. The van der Waals surface area contributed by atoms with Crippen LogP contribution in [0.5, 0.6) is 0 Å². The largest absolute Gasteiger partial charge is 0.362 e. The minimum Gasteiger partial charge on any atom is -0.362 e. The van der Waals surface area contributed by atoms with Crippen LogP contribution < -0.4 is 0 Å². The summed E-state index contributed by atoms with van der Waals surface area (Å²) in [6.07, 6.45) is -0.661. The van der Waals surface area contributed by atoms with Crippen molar-refractivity contribution in [1.29, 1.82) is 5.26 Å². The molecule has 0 saturated carbocycles. The van der Waals surface area contributed by atoms with E-state index >= 15 is 0 Å². The number of nitrogens with zero attached hydrogens (tertiary/aromatic N) is 1. The molecular formula is C9H7Cl2NO. The lowest BCUT2D eigenvalue weighted by Crippen LogP contribution is -1.98. The third-order valence-electron chi connectivity index (χ3n) is 1.59. The Labute approximate surface area is 86.6 Å². The van der Waals surface area contributed by atoms with Crippen LogP contribution in [-0.2, 0) is 4.74 Å².